The molecule has 0 heterocycles. The molecule has 0 spiro atoms. The van der Waals surface area contributed by atoms with Gasteiger partial charge in [-0.1, -0.05) is 18.2 Å². The van der Waals surface area contributed by atoms with Gasteiger partial charge < -0.3 is 4.74 Å². The van der Waals surface area contributed by atoms with E-state index in [0.717, 1.165) is 0 Å². The number of ether oxygens (including phenoxy) is 1. The summed E-state index contributed by atoms with van der Waals surface area (Å²) in [4.78, 5) is 4.33. The predicted octanol–water partition coefficient (Wildman–Crippen LogP) is 1.68. The molecule has 0 amide bonds. The van der Waals surface area contributed by atoms with Crippen LogP contribution in [0.2, 0.25) is 0 Å². The molecule has 0 fully saturated rings. The maximum Gasteiger partial charge on any atom is 0.387 e. The Labute approximate surface area is 74.0 Å². The lowest BCUT2D eigenvalue weighted by atomic mass is 10.2. The van der Waals surface area contributed by atoms with Crippen molar-refractivity contribution in [1.29, 1.82) is 0 Å². The van der Waals surface area contributed by atoms with E-state index >= 15 is 0 Å². The zero-order chi connectivity index (χ0) is 9.68. The molecule has 1 aromatic rings. The molecule has 0 unspecified atom stereocenters. The third-order valence-electron chi connectivity index (χ3n) is 1.43. The number of hydrogen-bond acceptors (Lipinski definition) is 3. The smallest absolute Gasteiger partial charge is 0.387 e. The van der Waals surface area contributed by atoms with E-state index < -0.39 is 6.61 Å². The van der Waals surface area contributed by atoms with Crippen molar-refractivity contribution in [3.63, 3.8) is 0 Å². The van der Waals surface area contributed by atoms with Gasteiger partial charge in [0.1, 0.15) is 5.75 Å². The van der Waals surface area contributed by atoms with E-state index in [9.17, 15) is 8.78 Å². The van der Waals surface area contributed by atoms with E-state index in [1.165, 1.54) is 6.07 Å². The predicted molar refractivity (Wildman–Crippen MR) is 42.1 cm³/mol. The highest BCUT2D eigenvalue weighted by molar-refractivity contribution is 5.32. The Hall–Kier alpha value is -1.20. The summed E-state index contributed by atoms with van der Waals surface area (Å²) in [5.41, 5.74) is 0.491. The first-order valence-electron chi connectivity index (χ1n) is 3.58. The Kier molecular flexibility index (Phi) is 3.60. The Bertz CT molecular complexity index is 268. The van der Waals surface area contributed by atoms with Crippen LogP contribution in [-0.2, 0) is 11.4 Å². The largest absolute Gasteiger partial charge is 0.434 e. The van der Waals surface area contributed by atoms with Crippen LogP contribution in [0.25, 0.3) is 0 Å². The second-order valence-electron chi connectivity index (χ2n) is 2.30. The van der Waals surface area contributed by atoms with Crippen molar-refractivity contribution in [2.45, 2.75) is 13.2 Å². The minimum Gasteiger partial charge on any atom is -0.434 e. The molecule has 0 aromatic heterocycles. The normalized spacial score (nSPS) is 10.5. The molecule has 5 heteroatoms. The number of halogens is 2. The summed E-state index contributed by atoms with van der Waals surface area (Å²) < 4.78 is 27.9. The van der Waals surface area contributed by atoms with Crippen molar-refractivity contribution in [1.82, 2.24) is 0 Å². The van der Waals surface area contributed by atoms with Crippen molar-refractivity contribution in [2.75, 3.05) is 0 Å². The molecule has 3 nitrogen and oxygen atoms in total. The first kappa shape index (κ1) is 9.88. The van der Waals surface area contributed by atoms with Crippen molar-refractivity contribution >= 4 is 0 Å². The van der Waals surface area contributed by atoms with Crippen LogP contribution in [0.1, 0.15) is 5.56 Å². The lowest BCUT2D eigenvalue weighted by molar-refractivity contribution is -0.0514. The summed E-state index contributed by atoms with van der Waals surface area (Å²) in [5.74, 6) is 4.90. The Morgan fingerprint density at radius 3 is 2.62 bits per heavy atom. The lowest BCUT2D eigenvalue weighted by Crippen LogP contribution is -2.06. The topological polar surface area (TPSA) is 44.5 Å². The second-order valence-corrected chi connectivity index (χ2v) is 2.30. The molecule has 0 radical (unpaired) electrons. The standard InChI is InChI=1S/C8H9F2NO2/c9-8(10)13-7-4-2-1-3-6(7)5-12-11/h1-4,8H,5,11H2. The quantitative estimate of drug-likeness (QED) is 0.733. The molecule has 0 saturated heterocycles. The highest BCUT2D eigenvalue weighted by Crippen LogP contribution is 2.20. The molecular weight excluding hydrogens is 180 g/mol. The number of hydrogen-bond donors (Lipinski definition) is 1. The van der Waals surface area contributed by atoms with E-state index in [2.05, 4.69) is 9.57 Å². The van der Waals surface area contributed by atoms with Gasteiger partial charge in [-0.2, -0.15) is 8.78 Å². The fourth-order valence-corrected chi connectivity index (χ4v) is 0.924. The van der Waals surface area contributed by atoms with Crippen molar-refractivity contribution in [3.05, 3.63) is 29.8 Å². The highest BCUT2D eigenvalue weighted by Gasteiger charge is 2.08. The van der Waals surface area contributed by atoms with Crippen LogP contribution in [0.4, 0.5) is 8.78 Å². The summed E-state index contributed by atoms with van der Waals surface area (Å²) in [6, 6.07) is 6.31. The molecule has 0 bridgehead atoms. The average molecular weight is 189 g/mol. The van der Waals surface area contributed by atoms with Crippen molar-refractivity contribution < 1.29 is 18.4 Å². The molecule has 2 N–H and O–H groups in total. The van der Waals surface area contributed by atoms with Crippen LogP contribution in [0, 0.1) is 0 Å². The van der Waals surface area contributed by atoms with Gasteiger partial charge in [-0.15, -0.1) is 0 Å². The SMILES string of the molecule is NOCc1ccccc1OC(F)F. The molecule has 13 heavy (non-hydrogen) atoms. The van der Waals surface area contributed by atoms with Gasteiger partial charge in [0, 0.05) is 5.56 Å². The van der Waals surface area contributed by atoms with Gasteiger partial charge in [0.25, 0.3) is 0 Å². The maximum absolute atomic E-state index is 11.8. The van der Waals surface area contributed by atoms with Crippen molar-refractivity contribution in [2.24, 2.45) is 5.90 Å². The third kappa shape index (κ3) is 2.96. The van der Waals surface area contributed by atoms with E-state index in [-0.39, 0.29) is 12.4 Å². The number of nitrogens with two attached hydrogens (primary N) is 1. The number of benzene rings is 1. The fraction of sp³-hybridized carbons (Fsp3) is 0.250. The minimum atomic E-state index is -2.83. The van der Waals surface area contributed by atoms with Crippen LogP contribution in [0.15, 0.2) is 24.3 Å². The molecule has 0 saturated carbocycles. The molecule has 0 aliphatic rings. The van der Waals surface area contributed by atoms with Crippen LogP contribution in [-0.4, -0.2) is 6.61 Å². The third-order valence-corrected chi connectivity index (χ3v) is 1.43. The summed E-state index contributed by atoms with van der Waals surface area (Å²) in [5, 5.41) is 0. The van der Waals surface area contributed by atoms with E-state index in [4.69, 9.17) is 5.90 Å². The fourth-order valence-electron chi connectivity index (χ4n) is 0.924. The van der Waals surface area contributed by atoms with Crippen molar-refractivity contribution in [3.8, 4) is 5.75 Å². The second kappa shape index (κ2) is 4.74. The first-order chi connectivity index (χ1) is 6.24. The van der Waals surface area contributed by atoms with Gasteiger partial charge in [-0.25, -0.2) is 5.90 Å². The summed E-state index contributed by atoms with van der Waals surface area (Å²) in [7, 11) is 0. The molecule has 0 atom stereocenters. The van der Waals surface area contributed by atoms with Gasteiger partial charge in [-0.3, -0.25) is 4.84 Å². The van der Waals surface area contributed by atoms with Crippen LogP contribution in [0.5, 0.6) is 5.75 Å². The van der Waals surface area contributed by atoms with E-state index in [0.29, 0.717) is 5.56 Å². The van der Waals surface area contributed by atoms with Gasteiger partial charge in [0.05, 0.1) is 6.61 Å². The minimum absolute atomic E-state index is 0.0445. The van der Waals surface area contributed by atoms with Gasteiger partial charge >= 0.3 is 6.61 Å². The Morgan fingerprint density at radius 2 is 2.00 bits per heavy atom. The van der Waals surface area contributed by atoms with Gasteiger partial charge in [-0.05, 0) is 6.07 Å². The first-order valence-corrected chi connectivity index (χ1v) is 3.58. The highest BCUT2D eigenvalue weighted by atomic mass is 19.3. The summed E-state index contributed by atoms with van der Waals surface area (Å²) >= 11 is 0. The monoisotopic (exact) mass is 189 g/mol. The zero-order valence-corrected chi connectivity index (χ0v) is 6.74. The number of para-hydroxylation sites is 1. The van der Waals surface area contributed by atoms with E-state index in [1.54, 1.807) is 18.2 Å². The molecule has 1 aromatic carbocycles. The van der Waals surface area contributed by atoms with E-state index in [1.807, 2.05) is 0 Å². The molecule has 1 rings (SSSR count). The van der Waals surface area contributed by atoms with Gasteiger partial charge in [0.15, 0.2) is 0 Å². The number of alkyl halides is 2. The molecule has 72 valence electrons. The summed E-state index contributed by atoms with van der Waals surface area (Å²) in [6.07, 6.45) is 0. The van der Waals surface area contributed by atoms with Crippen LogP contribution < -0.4 is 10.6 Å². The Morgan fingerprint density at radius 1 is 1.31 bits per heavy atom. The van der Waals surface area contributed by atoms with Crippen LogP contribution in [0.3, 0.4) is 0 Å². The summed E-state index contributed by atoms with van der Waals surface area (Å²) in [6.45, 7) is -2.79. The Balaban J connectivity index is 2.78. The molecule has 0 aliphatic heterocycles. The van der Waals surface area contributed by atoms with Crippen LogP contribution >= 0.6 is 0 Å². The maximum atomic E-state index is 11.8. The number of rotatable bonds is 4. The average Bonchev–Trinajstić information content (AvgIpc) is 2.08. The lowest BCUT2D eigenvalue weighted by Gasteiger charge is -2.08. The molecular formula is C8H9F2NO2. The molecule has 0 aliphatic carbocycles. The van der Waals surface area contributed by atoms with Gasteiger partial charge in [0.2, 0.25) is 0 Å². The zero-order valence-electron chi connectivity index (χ0n) is 6.74.